The van der Waals surface area contributed by atoms with Gasteiger partial charge in [0.2, 0.25) is 0 Å². The standard InChI is InChI=1S/C23H18N4O4/c28-22(17-5-7-18(8-6-17)26-23(29)20-4-2-14-30-20)27-21-19(3-1-11-25-21)31-15-16-9-12-24-13-10-16/h1-14H,15H2,(H,26,29)(H,25,27,28). The predicted octanol–water partition coefficient (Wildman–Crippen LogP) is 4.15. The van der Waals surface area contributed by atoms with Crippen molar-refractivity contribution < 1.29 is 18.7 Å². The van der Waals surface area contributed by atoms with E-state index < -0.39 is 0 Å². The molecule has 0 unspecified atom stereocenters. The zero-order valence-corrected chi connectivity index (χ0v) is 16.3. The Morgan fingerprint density at radius 2 is 1.68 bits per heavy atom. The molecule has 154 valence electrons. The summed E-state index contributed by atoms with van der Waals surface area (Å²) in [7, 11) is 0. The zero-order valence-electron chi connectivity index (χ0n) is 16.3. The van der Waals surface area contributed by atoms with Gasteiger partial charge in [-0.25, -0.2) is 4.98 Å². The molecule has 0 aliphatic rings. The number of carbonyl (C=O) groups excluding carboxylic acids is 2. The van der Waals surface area contributed by atoms with Gasteiger partial charge in [-0.2, -0.15) is 0 Å². The van der Waals surface area contributed by atoms with E-state index in [1.165, 1.54) is 6.26 Å². The summed E-state index contributed by atoms with van der Waals surface area (Å²) < 4.78 is 10.9. The van der Waals surface area contributed by atoms with Crippen molar-refractivity contribution in [2.75, 3.05) is 10.6 Å². The van der Waals surface area contributed by atoms with Crippen LogP contribution in [0.1, 0.15) is 26.5 Å². The van der Waals surface area contributed by atoms with Crippen LogP contribution >= 0.6 is 0 Å². The van der Waals surface area contributed by atoms with Crippen molar-refractivity contribution in [2.24, 2.45) is 0 Å². The summed E-state index contributed by atoms with van der Waals surface area (Å²) in [6.07, 6.45) is 6.37. The molecule has 0 atom stereocenters. The van der Waals surface area contributed by atoms with Crippen LogP contribution in [0.15, 0.2) is 89.9 Å². The summed E-state index contributed by atoms with van der Waals surface area (Å²) in [5.41, 5.74) is 1.89. The Labute approximate surface area is 177 Å². The fourth-order valence-electron chi connectivity index (χ4n) is 2.73. The maximum absolute atomic E-state index is 12.6. The molecule has 31 heavy (non-hydrogen) atoms. The van der Waals surface area contributed by atoms with Crippen LogP contribution in [0.25, 0.3) is 0 Å². The molecule has 0 bridgehead atoms. The van der Waals surface area contributed by atoms with Gasteiger partial charge in [-0.1, -0.05) is 0 Å². The first-order valence-electron chi connectivity index (χ1n) is 9.42. The van der Waals surface area contributed by atoms with Crippen molar-refractivity contribution in [1.29, 1.82) is 0 Å². The van der Waals surface area contributed by atoms with E-state index in [1.807, 2.05) is 12.1 Å². The van der Waals surface area contributed by atoms with Gasteiger partial charge in [-0.15, -0.1) is 0 Å². The minimum absolute atomic E-state index is 0.205. The van der Waals surface area contributed by atoms with Gasteiger partial charge in [0.05, 0.1) is 6.26 Å². The molecule has 4 rings (SSSR count). The lowest BCUT2D eigenvalue weighted by Crippen LogP contribution is -2.15. The number of nitrogens with one attached hydrogen (secondary N) is 2. The summed E-state index contributed by atoms with van der Waals surface area (Å²) >= 11 is 0. The third-order valence-electron chi connectivity index (χ3n) is 4.30. The fourth-order valence-corrected chi connectivity index (χ4v) is 2.73. The molecule has 3 heterocycles. The number of benzene rings is 1. The van der Waals surface area contributed by atoms with Crippen molar-refractivity contribution in [1.82, 2.24) is 9.97 Å². The van der Waals surface area contributed by atoms with Crippen molar-refractivity contribution in [3.05, 3.63) is 102 Å². The predicted molar refractivity (Wildman–Crippen MR) is 114 cm³/mol. The Balaban J connectivity index is 1.39. The molecule has 8 nitrogen and oxygen atoms in total. The number of ether oxygens (including phenoxy) is 1. The Kier molecular flexibility index (Phi) is 5.99. The summed E-state index contributed by atoms with van der Waals surface area (Å²) in [5, 5.41) is 5.46. The van der Waals surface area contributed by atoms with Crippen LogP contribution in [0.5, 0.6) is 5.75 Å². The fraction of sp³-hybridized carbons (Fsp3) is 0.0435. The Morgan fingerprint density at radius 3 is 2.42 bits per heavy atom. The molecule has 8 heteroatoms. The molecule has 4 aromatic rings. The molecule has 2 N–H and O–H groups in total. The first-order chi connectivity index (χ1) is 15.2. The van der Waals surface area contributed by atoms with Gasteiger partial charge in [0.25, 0.3) is 11.8 Å². The summed E-state index contributed by atoms with van der Waals surface area (Å²) in [6.45, 7) is 0.321. The number of furan rings is 1. The third-order valence-corrected chi connectivity index (χ3v) is 4.30. The van der Waals surface area contributed by atoms with E-state index in [-0.39, 0.29) is 17.6 Å². The minimum Gasteiger partial charge on any atom is -0.485 e. The lowest BCUT2D eigenvalue weighted by atomic mass is 10.2. The van der Waals surface area contributed by atoms with E-state index in [0.29, 0.717) is 29.4 Å². The van der Waals surface area contributed by atoms with Crippen LogP contribution in [-0.2, 0) is 6.61 Å². The quantitative estimate of drug-likeness (QED) is 0.470. The normalized spacial score (nSPS) is 10.3. The van der Waals surface area contributed by atoms with Crippen molar-refractivity contribution in [3.63, 3.8) is 0 Å². The Bertz CT molecular complexity index is 1160. The van der Waals surface area contributed by atoms with Crippen LogP contribution in [0.4, 0.5) is 11.5 Å². The van der Waals surface area contributed by atoms with Crippen LogP contribution in [0, 0.1) is 0 Å². The molecular weight excluding hydrogens is 396 g/mol. The second kappa shape index (κ2) is 9.36. The second-order valence-corrected chi connectivity index (χ2v) is 6.46. The molecule has 1 aromatic carbocycles. The van der Waals surface area contributed by atoms with E-state index in [1.54, 1.807) is 67.1 Å². The molecule has 0 saturated carbocycles. The minimum atomic E-state index is -0.369. The summed E-state index contributed by atoms with van der Waals surface area (Å²) in [6, 6.07) is 16.8. The second-order valence-electron chi connectivity index (χ2n) is 6.46. The molecule has 3 aromatic heterocycles. The van der Waals surface area contributed by atoms with E-state index in [4.69, 9.17) is 9.15 Å². The average molecular weight is 414 g/mol. The number of pyridine rings is 2. The SMILES string of the molecule is O=C(Nc1ncccc1OCc1ccncc1)c1ccc(NC(=O)c2ccco2)cc1. The highest BCUT2D eigenvalue weighted by molar-refractivity contribution is 6.05. The lowest BCUT2D eigenvalue weighted by molar-refractivity contribution is 0.0995. The van der Waals surface area contributed by atoms with E-state index in [2.05, 4.69) is 20.6 Å². The molecular formula is C23H18N4O4. The van der Waals surface area contributed by atoms with Crippen LogP contribution < -0.4 is 15.4 Å². The number of rotatable bonds is 7. The smallest absolute Gasteiger partial charge is 0.291 e. The first kappa shape index (κ1) is 19.8. The van der Waals surface area contributed by atoms with Gasteiger partial charge >= 0.3 is 0 Å². The van der Waals surface area contributed by atoms with Gasteiger partial charge in [-0.05, 0) is 66.2 Å². The number of carbonyl (C=O) groups is 2. The number of aromatic nitrogens is 2. The van der Waals surface area contributed by atoms with E-state index in [9.17, 15) is 9.59 Å². The number of hydrogen-bond acceptors (Lipinski definition) is 6. The highest BCUT2D eigenvalue weighted by atomic mass is 16.5. The highest BCUT2D eigenvalue weighted by Gasteiger charge is 2.13. The van der Waals surface area contributed by atoms with Gasteiger partial charge in [0, 0.05) is 29.8 Å². The molecule has 0 spiro atoms. The van der Waals surface area contributed by atoms with E-state index in [0.717, 1.165) is 5.56 Å². The van der Waals surface area contributed by atoms with Gasteiger partial charge in [0.15, 0.2) is 17.3 Å². The molecule has 0 radical (unpaired) electrons. The van der Waals surface area contributed by atoms with Crippen LogP contribution in [0.3, 0.4) is 0 Å². The number of anilines is 2. The third kappa shape index (κ3) is 5.13. The van der Waals surface area contributed by atoms with Crippen molar-refractivity contribution in [3.8, 4) is 5.75 Å². The molecule has 0 aliphatic carbocycles. The number of nitrogens with zero attached hydrogens (tertiary/aromatic N) is 2. The van der Waals surface area contributed by atoms with Gasteiger partial charge in [-0.3, -0.25) is 14.6 Å². The van der Waals surface area contributed by atoms with Gasteiger partial charge in [0.1, 0.15) is 6.61 Å². The molecule has 0 aliphatic heterocycles. The topological polar surface area (TPSA) is 106 Å². The summed E-state index contributed by atoms with van der Waals surface area (Å²) in [5.74, 6) is 0.256. The number of hydrogen-bond donors (Lipinski definition) is 2. The Hall–Kier alpha value is -4.46. The monoisotopic (exact) mass is 414 g/mol. The largest absolute Gasteiger partial charge is 0.485 e. The van der Waals surface area contributed by atoms with E-state index >= 15 is 0 Å². The maximum atomic E-state index is 12.6. The van der Waals surface area contributed by atoms with Crippen LogP contribution in [-0.4, -0.2) is 21.8 Å². The van der Waals surface area contributed by atoms with Gasteiger partial charge < -0.3 is 19.8 Å². The highest BCUT2D eigenvalue weighted by Crippen LogP contribution is 2.23. The van der Waals surface area contributed by atoms with Crippen LogP contribution in [0.2, 0.25) is 0 Å². The maximum Gasteiger partial charge on any atom is 0.291 e. The Morgan fingerprint density at radius 1 is 0.871 bits per heavy atom. The molecule has 0 saturated heterocycles. The molecule has 2 amide bonds. The summed E-state index contributed by atoms with van der Waals surface area (Å²) in [4.78, 5) is 32.8. The average Bonchev–Trinajstić information content (AvgIpc) is 3.35. The first-order valence-corrected chi connectivity index (χ1v) is 9.42. The number of amides is 2. The van der Waals surface area contributed by atoms with Crippen molar-refractivity contribution >= 4 is 23.3 Å². The lowest BCUT2D eigenvalue weighted by Gasteiger charge is -2.12. The molecule has 0 fully saturated rings. The zero-order chi connectivity index (χ0) is 21.5. The van der Waals surface area contributed by atoms with Crippen molar-refractivity contribution in [2.45, 2.75) is 6.61 Å².